The van der Waals surface area contributed by atoms with Gasteiger partial charge in [-0.3, -0.25) is 9.82 Å². The van der Waals surface area contributed by atoms with Gasteiger partial charge in [0, 0.05) is 5.39 Å². The number of aromatic nitrogens is 4. The normalized spacial score (nSPS) is 12.0. The summed E-state index contributed by atoms with van der Waals surface area (Å²) in [5.74, 6) is 0. The summed E-state index contributed by atoms with van der Waals surface area (Å²) < 4.78 is 33.0. The number of pyridine rings is 1. The van der Waals surface area contributed by atoms with Crippen molar-refractivity contribution in [2.45, 2.75) is 18.2 Å². The fraction of sp³-hybridized carbons (Fsp3) is 0.133. The van der Waals surface area contributed by atoms with Crippen LogP contribution in [0, 0.1) is 0 Å². The first-order valence-corrected chi connectivity index (χ1v) is 8.76. The Morgan fingerprint density at radius 1 is 1.29 bits per heavy atom. The molecule has 1 aromatic carbocycles. The lowest BCUT2D eigenvalue weighted by molar-refractivity contribution is 0.439. The molecule has 0 spiro atoms. The van der Waals surface area contributed by atoms with Crippen molar-refractivity contribution in [2.24, 2.45) is 0 Å². The third-order valence-electron chi connectivity index (χ3n) is 3.75. The Morgan fingerprint density at radius 2 is 2.17 bits per heavy atom. The second-order valence-corrected chi connectivity index (χ2v) is 6.93. The monoisotopic (exact) mass is 343 g/mol. The van der Waals surface area contributed by atoms with Crippen LogP contribution in [-0.4, -0.2) is 28.8 Å². The van der Waals surface area contributed by atoms with E-state index in [0.29, 0.717) is 34.4 Å². The van der Waals surface area contributed by atoms with E-state index >= 15 is 0 Å². The molecular formula is C15H13N5O3S. The number of sulfonamides is 1. The summed E-state index contributed by atoms with van der Waals surface area (Å²) in [7, 11) is -3.81. The number of aryl methyl sites for hydroxylation is 1. The molecule has 4 rings (SSSR count). The second kappa shape index (κ2) is 5.31. The molecule has 3 aromatic heterocycles. The number of fused-ring (bicyclic) bond motifs is 2. The minimum Gasteiger partial charge on any atom is -0.336 e. The summed E-state index contributed by atoms with van der Waals surface area (Å²) in [6.45, 7) is 1.91. The molecule has 2 N–H and O–H groups in total. The summed E-state index contributed by atoms with van der Waals surface area (Å²) in [5.41, 5.74) is 2.03. The van der Waals surface area contributed by atoms with E-state index in [1.807, 2.05) is 13.0 Å². The molecule has 122 valence electrons. The summed E-state index contributed by atoms with van der Waals surface area (Å²) in [6, 6.07) is 6.79. The lowest BCUT2D eigenvalue weighted by atomic mass is 10.2. The van der Waals surface area contributed by atoms with E-state index in [1.54, 1.807) is 18.3 Å². The van der Waals surface area contributed by atoms with E-state index in [-0.39, 0.29) is 4.90 Å². The molecule has 0 atom stereocenters. The van der Waals surface area contributed by atoms with Crippen LogP contribution in [0.2, 0.25) is 0 Å². The standard InChI is InChI=1S/C15H13N5O3S/c1-2-12-11-6-10(8-16-15(11)23-19-12)24(21,22)20-13-5-3-4-9-7-17-18-14(9)13/h3-8,20H,2H2,1H3,(H,17,18). The lowest BCUT2D eigenvalue weighted by Crippen LogP contribution is -2.13. The van der Waals surface area contributed by atoms with E-state index in [0.717, 1.165) is 5.39 Å². The van der Waals surface area contributed by atoms with Crippen molar-refractivity contribution < 1.29 is 12.9 Å². The van der Waals surface area contributed by atoms with Gasteiger partial charge >= 0.3 is 0 Å². The van der Waals surface area contributed by atoms with Crippen molar-refractivity contribution >= 4 is 37.7 Å². The minimum absolute atomic E-state index is 0.0458. The molecule has 24 heavy (non-hydrogen) atoms. The van der Waals surface area contributed by atoms with Gasteiger partial charge in [0.25, 0.3) is 15.7 Å². The Bertz CT molecular complexity index is 1150. The Kier molecular flexibility index (Phi) is 3.24. The molecule has 0 fully saturated rings. The van der Waals surface area contributed by atoms with Gasteiger partial charge in [-0.1, -0.05) is 24.2 Å². The number of rotatable bonds is 4. The van der Waals surface area contributed by atoms with Gasteiger partial charge in [-0.25, -0.2) is 13.4 Å². The number of anilines is 1. The van der Waals surface area contributed by atoms with E-state index < -0.39 is 10.0 Å². The van der Waals surface area contributed by atoms with Gasteiger partial charge in [-0.2, -0.15) is 5.10 Å². The van der Waals surface area contributed by atoms with Gasteiger partial charge in [-0.15, -0.1) is 0 Å². The number of benzene rings is 1. The number of aromatic amines is 1. The number of nitrogens with zero attached hydrogens (tertiary/aromatic N) is 3. The molecule has 0 aliphatic rings. The number of para-hydroxylation sites is 1. The SMILES string of the molecule is CCc1noc2ncc(S(=O)(=O)Nc3cccc4cn[nH]c34)cc12. The molecule has 3 heterocycles. The number of hydrogen-bond acceptors (Lipinski definition) is 6. The Hall–Kier alpha value is -2.94. The molecule has 0 unspecified atom stereocenters. The maximum Gasteiger partial charge on any atom is 0.263 e. The molecule has 9 heteroatoms. The average Bonchev–Trinajstić information content (AvgIpc) is 3.21. The molecule has 8 nitrogen and oxygen atoms in total. The van der Waals surface area contributed by atoms with Crippen LogP contribution in [0.1, 0.15) is 12.6 Å². The first-order valence-electron chi connectivity index (χ1n) is 7.27. The lowest BCUT2D eigenvalue weighted by Gasteiger charge is -2.08. The van der Waals surface area contributed by atoms with Crippen molar-refractivity contribution in [1.82, 2.24) is 20.3 Å². The molecule has 4 aromatic rings. The molecule has 0 radical (unpaired) electrons. The highest BCUT2D eigenvalue weighted by Gasteiger charge is 2.19. The highest BCUT2D eigenvalue weighted by molar-refractivity contribution is 7.92. The highest BCUT2D eigenvalue weighted by Crippen LogP contribution is 2.25. The minimum atomic E-state index is -3.81. The first kappa shape index (κ1) is 14.6. The maximum atomic E-state index is 12.7. The van der Waals surface area contributed by atoms with Crippen molar-refractivity contribution in [1.29, 1.82) is 0 Å². The fourth-order valence-electron chi connectivity index (χ4n) is 2.52. The topological polar surface area (TPSA) is 114 Å². The number of nitrogens with one attached hydrogen (secondary N) is 2. The van der Waals surface area contributed by atoms with Crippen molar-refractivity contribution in [2.75, 3.05) is 4.72 Å². The molecule has 0 amide bonds. The van der Waals surface area contributed by atoms with Crippen molar-refractivity contribution in [3.63, 3.8) is 0 Å². The number of H-pyrrole nitrogens is 1. The Labute approximate surface area is 136 Å². The highest BCUT2D eigenvalue weighted by atomic mass is 32.2. The average molecular weight is 343 g/mol. The van der Waals surface area contributed by atoms with Gasteiger partial charge in [0.15, 0.2) is 0 Å². The van der Waals surface area contributed by atoms with Crippen molar-refractivity contribution in [3.8, 4) is 0 Å². The van der Waals surface area contributed by atoms with E-state index in [4.69, 9.17) is 4.52 Å². The van der Waals surface area contributed by atoms with Gasteiger partial charge < -0.3 is 4.52 Å². The fourth-order valence-corrected chi connectivity index (χ4v) is 3.56. The zero-order valence-electron chi connectivity index (χ0n) is 12.6. The van der Waals surface area contributed by atoms with Crippen LogP contribution in [0.3, 0.4) is 0 Å². The largest absolute Gasteiger partial charge is 0.336 e. The third kappa shape index (κ3) is 2.29. The molecule has 0 saturated carbocycles. The van der Waals surface area contributed by atoms with Crippen molar-refractivity contribution in [3.05, 3.63) is 42.4 Å². The van der Waals surface area contributed by atoms with E-state index in [9.17, 15) is 8.42 Å². The molecule has 0 aliphatic carbocycles. The molecule has 0 saturated heterocycles. The Balaban J connectivity index is 1.78. The van der Waals surface area contributed by atoms with Gasteiger partial charge in [0.2, 0.25) is 0 Å². The predicted molar refractivity (Wildman–Crippen MR) is 88.1 cm³/mol. The molecule has 0 bridgehead atoms. The predicted octanol–water partition coefficient (Wildman–Crippen LogP) is 2.46. The van der Waals surface area contributed by atoms with Crippen LogP contribution in [0.5, 0.6) is 0 Å². The van der Waals surface area contributed by atoms with Crippen LogP contribution < -0.4 is 4.72 Å². The summed E-state index contributed by atoms with van der Waals surface area (Å²) in [6.07, 6.45) is 3.51. The summed E-state index contributed by atoms with van der Waals surface area (Å²) in [4.78, 5) is 4.09. The van der Waals surface area contributed by atoms with Crippen LogP contribution in [0.25, 0.3) is 22.0 Å². The van der Waals surface area contributed by atoms with Crippen LogP contribution >= 0.6 is 0 Å². The zero-order valence-corrected chi connectivity index (χ0v) is 13.5. The van der Waals surface area contributed by atoms with E-state index in [2.05, 4.69) is 25.1 Å². The van der Waals surface area contributed by atoms with E-state index in [1.165, 1.54) is 12.3 Å². The third-order valence-corrected chi connectivity index (χ3v) is 5.08. The number of hydrogen-bond donors (Lipinski definition) is 2. The van der Waals surface area contributed by atoms with Gasteiger partial charge in [0.05, 0.1) is 34.7 Å². The van der Waals surface area contributed by atoms with Gasteiger partial charge in [-0.05, 0) is 18.6 Å². The smallest absolute Gasteiger partial charge is 0.263 e. The Morgan fingerprint density at radius 3 is 3.00 bits per heavy atom. The van der Waals surface area contributed by atoms with Crippen LogP contribution in [0.15, 0.2) is 46.1 Å². The maximum absolute atomic E-state index is 12.7. The van der Waals surface area contributed by atoms with Crippen LogP contribution in [-0.2, 0) is 16.4 Å². The quantitative estimate of drug-likeness (QED) is 0.588. The van der Waals surface area contributed by atoms with Gasteiger partial charge in [0.1, 0.15) is 4.90 Å². The van der Waals surface area contributed by atoms with Crippen LogP contribution in [0.4, 0.5) is 5.69 Å². The summed E-state index contributed by atoms with van der Waals surface area (Å²) >= 11 is 0. The molecule has 0 aliphatic heterocycles. The first-order chi connectivity index (χ1) is 11.6. The second-order valence-electron chi connectivity index (χ2n) is 5.25. The summed E-state index contributed by atoms with van der Waals surface area (Å²) in [5, 5.41) is 12.0. The zero-order chi connectivity index (χ0) is 16.7. The molecular weight excluding hydrogens is 330 g/mol.